The van der Waals surface area contributed by atoms with Crippen molar-refractivity contribution in [2.75, 3.05) is 13.1 Å². The Morgan fingerprint density at radius 1 is 1.28 bits per heavy atom. The Balaban J connectivity index is 1.63. The average molecular weight is 336 g/mol. The Morgan fingerprint density at radius 3 is 3.04 bits per heavy atom. The standard InChI is InChI=1S/C22H28N2O/c1-2-10-22-13-16-12-17(25)8-7-15(16)14-24(22)11-9-19-18-5-3-4-6-20(18)23-21(19)22/h2-6,15-17,23,25H,1,7-14H2/t15?,16?,17-,22+/m1/s1. The molecule has 3 heterocycles. The molecular formula is C22H28N2O. The Hall–Kier alpha value is -1.58. The first-order valence-corrected chi connectivity index (χ1v) is 9.85. The number of rotatable bonds is 2. The quantitative estimate of drug-likeness (QED) is 0.814. The molecule has 2 aliphatic heterocycles. The number of aliphatic hydroxyl groups is 1. The summed E-state index contributed by atoms with van der Waals surface area (Å²) in [4.78, 5) is 6.54. The molecule has 3 nitrogen and oxygen atoms in total. The van der Waals surface area contributed by atoms with Gasteiger partial charge in [-0.05, 0) is 62.0 Å². The summed E-state index contributed by atoms with van der Waals surface area (Å²) in [5.74, 6) is 1.39. The van der Waals surface area contributed by atoms with E-state index in [2.05, 4.69) is 46.8 Å². The number of fused-ring (bicyclic) bond motifs is 6. The largest absolute Gasteiger partial charge is 0.393 e. The van der Waals surface area contributed by atoms with Crippen molar-refractivity contribution in [2.24, 2.45) is 11.8 Å². The minimum atomic E-state index is -0.0978. The molecule has 2 N–H and O–H groups in total. The monoisotopic (exact) mass is 336 g/mol. The summed E-state index contributed by atoms with van der Waals surface area (Å²) < 4.78 is 0. The zero-order valence-electron chi connectivity index (χ0n) is 14.9. The Labute approximate surface area is 149 Å². The van der Waals surface area contributed by atoms with Crippen LogP contribution in [0.1, 0.15) is 43.4 Å². The van der Waals surface area contributed by atoms with Gasteiger partial charge >= 0.3 is 0 Å². The molecule has 2 aromatic rings. The third kappa shape index (κ3) is 2.25. The van der Waals surface area contributed by atoms with Crippen molar-refractivity contribution in [2.45, 2.75) is 50.2 Å². The molecule has 3 heteroatoms. The fourth-order valence-corrected chi connectivity index (χ4v) is 6.04. The second-order valence-electron chi connectivity index (χ2n) is 8.44. The normalized spacial score (nSPS) is 35.0. The van der Waals surface area contributed by atoms with Gasteiger partial charge in [-0.25, -0.2) is 0 Å². The average Bonchev–Trinajstić information content (AvgIpc) is 3.00. The van der Waals surface area contributed by atoms with E-state index in [0.29, 0.717) is 5.92 Å². The van der Waals surface area contributed by atoms with Crippen molar-refractivity contribution in [1.82, 2.24) is 9.88 Å². The lowest BCUT2D eigenvalue weighted by atomic mass is 9.64. The number of nitrogens with zero attached hydrogens (tertiary/aromatic N) is 1. The lowest BCUT2D eigenvalue weighted by Gasteiger charge is -2.56. The summed E-state index contributed by atoms with van der Waals surface area (Å²) in [5, 5.41) is 11.6. The van der Waals surface area contributed by atoms with Crippen molar-refractivity contribution in [3.8, 4) is 0 Å². The van der Waals surface area contributed by atoms with Gasteiger partial charge < -0.3 is 10.1 Å². The lowest BCUT2D eigenvalue weighted by molar-refractivity contribution is -0.0618. The lowest BCUT2D eigenvalue weighted by Crippen LogP contribution is -2.58. The number of aromatic nitrogens is 1. The van der Waals surface area contributed by atoms with E-state index in [1.165, 1.54) is 35.1 Å². The maximum Gasteiger partial charge on any atom is 0.0652 e. The van der Waals surface area contributed by atoms with Crippen LogP contribution in [-0.4, -0.2) is 34.2 Å². The molecule has 132 valence electrons. The van der Waals surface area contributed by atoms with Gasteiger partial charge in [0.25, 0.3) is 0 Å². The molecule has 2 fully saturated rings. The van der Waals surface area contributed by atoms with Gasteiger partial charge in [-0.2, -0.15) is 0 Å². The number of para-hydroxylation sites is 1. The van der Waals surface area contributed by atoms with E-state index in [1.54, 1.807) is 0 Å². The van der Waals surface area contributed by atoms with Crippen molar-refractivity contribution in [3.63, 3.8) is 0 Å². The highest BCUT2D eigenvalue weighted by molar-refractivity contribution is 5.85. The molecular weight excluding hydrogens is 308 g/mol. The van der Waals surface area contributed by atoms with Crippen LogP contribution in [0, 0.1) is 11.8 Å². The maximum absolute atomic E-state index is 10.2. The van der Waals surface area contributed by atoms with E-state index >= 15 is 0 Å². The first-order chi connectivity index (χ1) is 12.2. The van der Waals surface area contributed by atoms with Crippen molar-refractivity contribution >= 4 is 10.9 Å². The molecule has 1 aromatic heterocycles. The Morgan fingerprint density at radius 2 is 2.16 bits per heavy atom. The van der Waals surface area contributed by atoms with Crippen LogP contribution in [0.25, 0.3) is 10.9 Å². The predicted octanol–water partition coefficient (Wildman–Crippen LogP) is 3.98. The molecule has 2 unspecified atom stereocenters. The summed E-state index contributed by atoms with van der Waals surface area (Å²) >= 11 is 0. The van der Waals surface area contributed by atoms with Gasteiger partial charge in [0, 0.05) is 29.7 Å². The first kappa shape index (κ1) is 15.7. The molecule has 1 saturated heterocycles. The van der Waals surface area contributed by atoms with Crippen molar-refractivity contribution in [3.05, 3.63) is 48.2 Å². The number of aliphatic hydroxyl groups excluding tert-OH is 1. The fourth-order valence-electron chi connectivity index (χ4n) is 6.04. The van der Waals surface area contributed by atoms with Gasteiger partial charge in [-0.3, -0.25) is 4.90 Å². The van der Waals surface area contributed by atoms with Gasteiger partial charge in [0.1, 0.15) is 0 Å². The van der Waals surface area contributed by atoms with Gasteiger partial charge in [0.15, 0.2) is 0 Å². The third-order valence-corrected chi connectivity index (χ3v) is 7.17. The molecule has 1 saturated carbocycles. The van der Waals surface area contributed by atoms with E-state index in [4.69, 9.17) is 0 Å². The predicted molar refractivity (Wildman–Crippen MR) is 102 cm³/mol. The Kier molecular flexibility index (Phi) is 3.58. The van der Waals surface area contributed by atoms with Crippen LogP contribution in [0.3, 0.4) is 0 Å². The van der Waals surface area contributed by atoms with Gasteiger partial charge in [-0.15, -0.1) is 6.58 Å². The summed E-state index contributed by atoms with van der Waals surface area (Å²) in [5.41, 5.74) is 4.26. The van der Waals surface area contributed by atoms with Crippen LogP contribution >= 0.6 is 0 Å². The van der Waals surface area contributed by atoms with Crippen LogP contribution in [0.4, 0.5) is 0 Å². The smallest absolute Gasteiger partial charge is 0.0652 e. The molecule has 5 rings (SSSR count). The summed E-state index contributed by atoms with van der Waals surface area (Å²) in [6.07, 6.45) is 8.44. The van der Waals surface area contributed by atoms with Gasteiger partial charge in [-0.1, -0.05) is 24.3 Å². The molecule has 4 atom stereocenters. The second kappa shape index (κ2) is 5.72. The van der Waals surface area contributed by atoms with Gasteiger partial charge in [0.2, 0.25) is 0 Å². The molecule has 0 bridgehead atoms. The van der Waals surface area contributed by atoms with Crippen LogP contribution in [0.5, 0.6) is 0 Å². The zero-order chi connectivity index (χ0) is 17.0. The number of benzene rings is 1. The number of piperidine rings is 1. The van der Waals surface area contributed by atoms with E-state index < -0.39 is 0 Å². The fraction of sp³-hybridized carbons (Fsp3) is 0.545. The van der Waals surface area contributed by atoms with Crippen LogP contribution in [0.15, 0.2) is 36.9 Å². The minimum Gasteiger partial charge on any atom is -0.393 e. The SMILES string of the molecule is C=CC[C@@]12CC3C[C@H](O)CCC3CN1CCc1c2[nH]c2ccccc12. The summed E-state index contributed by atoms with van der Waals surface area (Å²) in [6, 6.07) is 8.74. The number of nitrogens with one attached hydrogen (secondary N) is 1. The van der Waals surface area contributed by atoms with Crippen molar-refractivity contribution < 1.29 is 5.11 Å². The summed E-state index contributed by atoms with van der Waals surface area (Å²) in [6.45, 7) is 6.42. The van der Waals surface area contributed by atoms with E-state index in [9.17, 15) is 5.11 Å². The van der Waals surface area contributed by atoms with Crippen molar-refractivity contribution in [1.29, 1.82) is 0 Å². The molecule has 0 spiro atoms. The number of hydrogen-bond acceptors (Lipinski definition) is 2. The number of hydrogen-bond donors (Lipinski definition) is 2. The topological polar surface area (TPSA) is 39.3 Å². The highest BCUT2D eigenvalue weighted by atomic mass is 16.3. The molecule has 1 aromatic carbocycles. The second-order valence-corrected chi connectivity index (χ2v) is 8.44. The van der Waals surface area contributed by atoms with Gasteiger partial charge in [0.05, 0.1) is 11.6 Å². The zero-order valence-corrected chi connectivity index (χ0v) is 14.9. The maximum atomic E-state index is 10.2. The Bertz CT molecular complexity index is 809. The minimum absolute atomic E-state index is 0.0482. The van der Waals surface area contributed by atoms with E-state index in [-0.39, 0.29) is 11.6 Å². The molecule has 25 heavy (non-hydrogen) atoms. The van der Waals surface area contributed by atoms with Crippen LogP contribution in [-0.2, 0) is 12.0 Å². The van der Waals surface area contributed by atoms with E-state index in [1.807, 2.05) is 0 Å². The first-order valence-electron chi connectivity index (χ1n) is 9.85. The van der Waals surface area contributed by atoms with E-state index in [0.717, 1.165) is 44.6 Å². The highest BCUT2D eigenvalue weighted by Gasteiger charge is 2.51. The summed E-state index contributed by atoms with van der Waals surface area (Å²) in [7, 11) is 0. The molecule has 0 radical (unpaired) electrons. The third-order valence-electron chi connectivity index (χ3n) is 7.17. The van der Waals surface area contributed by atoms with Crippen LogP contribution < -0.4 is 0 Å². The highest BCUT2D eigenvalue weighted by Crippen LogP contribution is 2.52. The number of H-pyrrole nitrogens is 1. The van der Waals surface area contributed by atoms with Crippen LogP contribution in [0.2, 0.25) is 0 Å². The molecule has 1 aliphatic carbocycles. The molecule has 3 aliphatic rings. The number of aromatic amines is 1. The molecule has 0 amide bonds.